The average molecular weight is 262 g/mol. The Morgan fingerprint density at radius 3 is 2.83 bits per heavy atom. The quantitative estimate of drug-likeness (QED) is 0.797. The summed E-state index contributed by atoms with van der Waals surface area (Å²) in [6.07, 6.45) is 2.17. The summed E-state index contributed by atoms with van der Waals surface area (Å²) < 4.78 is 13.9. The number of hydrogen-bond donors (Lipinski definition) is 1. The van der Waals surface area contributed by atoms with Crippen molar-refractivity contribution in [3.63, 3.8) is 0 Å². The van der Waals surface area contributed by atoms with E-state index in [2.05, 4.69) is 11.4 Å². The summed E-state index contributed by atoms with van der Waals surface area (Å²) in [4.78, 5) is 0. The zero-order valence-electron chi connectivity index (χ0n) is 9.84. The molecule has 0 bridgehead atoms. The zero-order chi connectivity index (χ0) is 12.5. The van der Waals surface area contributed by atoms with Gasteiger partial charge in [0.05, 0.1) is 0 Å². The Bertz CT molecular complexity index is 595. The SMILES string of the molecule is Fc1cc(Cl)ccc1-c1ccc2c(c1)CCCN2. The highest BCUT2D eigenvalue weighted by Gasteiger charge is 2.11. The molecule has 0 atom stereocenters. The predicted molar refractivity (Wildman–Crippen MR) is 73.7 cm³/mol. The van der Waals surface area contributed by atoms with E-state index in [1.165, 1.54) is 17.3 Å². The van der Waals surface area contributed by atoms with Crippen LogP contribution in [-0.2, 0) is 6.42 Å². The van der Waals surface area contributed by atoms with Crippen LogP contribution in [-0.4, -0.2) is 6.54 Å². The first kappa shape index (κ1) is 11.5. The summed E-state index contributed by atoms with van der Waals surface area (Å²) in [7, 11) is 0. The molecule has 0 amide bonds. The van der Waals surface area contributed by atoms with Crippen LogP contribution in [0.15, 0.2) is 36.4 Å². The van der Waals surface area contributed by atoms with E-state index in [1.807, 2.05) is 12.1 Å². The molecule has 92 valence electrons. The maximum absolute atomic E-state index is 13.9. The van der Waals surface area contributed by atoms with Gasteiger partial charge in [-0.15, -0.1) is 0 Å². The summed E-state index contributed by atoms with van der Waals surface area (Å²) in [5.74, 6) is -0.272. The van der Waals surface area contributed by atoms with Gasteiger partial charge in [0.1, 0.15) is 5.82 Å². The molecule has 0 saturated heterocycles. The second kappa shape index (κ2) is 4.62. The third-order valence-electron chi connectivity index (χ3n) is 3.29. The summed E-state index contributed by atoms with van der Waals surface area (Å²) >= 11 is 5.77. The molecule has 1 aliphatic heterocycles. The van der Waals surface area contributed by atoms with Gasteiger partial charge in [-0.25, -0.2) is 4.39 Å². The monoisotopic (exact) mass is 261 g/mol. The second-order valence-electron chi connectivity index (χ2n) is 4.53. The van der Waals surface area contributed by atoms with Gasteiger partial charge in [-0.2, -0.15) is 0 Å². The first-order valence-electron chi connectivity index (χ1n) is 6.06. The Morgan fingerprint density at radius 1 is 1.11 bits per heavy atom. The van der Waals surface area contributed by atoms with E-state index in [-0.39, 0.29) is 5.82 Å². The first-order chi connectivity index (χ1) is 8.74. The van der Waals surface area contributed by atoms with Crippen LogP contribution in [0.3, 0.4) is 0 Å². The first-order valence-corrected chi connectivity index (χ1v) is 6.44. The van der Waals surface area contributed by atoms with Crippen LogP contribution in [0.25, 0.3) is 11.1 Å². The van der Waals surface area contributed by atoms with E-state index in [0.29, 0.717) is 10.6 Å². The summed E-state index contributed by atoms with van der Waals surface area (Å²) in [5.41, 5.74) is 3.94. The van der Waals surface area contributed by atoms with Crippen LogP contribution in [0.4, 0.5) is 10.1 Å². The van der Waals surface area contributed by atoms with Gasteiger partial charge in [-0.3, -0.25) is 0 Å². The van der Waals surface area contributed by atoms with Gasteiger partial charge in [-0.05, 0) is 54.3 Å². The Balaban J connectivity index is 2.06. The van der Waals surface area contributed by atoms with Crippen LogP contribution in [0.5, 0.6) is 0 Å². The number of hydrogen-bond acceptors (Lipinski definition) is 1. The molecular weight excluding hydrogens is 249 g/mol. The summed E-state index contributed by atoms with van der Waals surface area (Å²) in [6.45, 7) is 1.02. The molecule has 0 saturated carbocycles. The van der Waals surface area contributed by atoms with Crippen molar-refractivity contribution >= 4 is 17.3 Å². The van der Waals surface area contributed by atoms with Crippen LogP contribution >= 0.6 is 11.6 Å². The van der Waals surface area contributed by atoms with E-state index < -0.39 is 0 Å². The highest BCUT2D eigenvalue weighted by atomic mass is 35.5. The molecule has 2 aromatic carbocycles. The maximum atomic E-state index is 13.9. The molecule has 18 heavy (non-hydrogen) atoms. The van der Waals surface area contributed by atoms with E-state index in [9.17, 15) is 4.39 Å². The molecule has 3 rings (SSSR count). The Kier molecular flexibility index (Phi) is 2.96. The number of halogens is 2. The fourth-order valence-electron chi connectivity index (χ4n) is 2.37. The number of anilines is 1. The lowest BCUT2D eigenvalue weighted by Gasteiger charge is -2.18. The van der Waals surface area contributed by atoms with Crippen molar-refractivity contribution in [3.05, 3.63) is 52.8 Å². The molecule has 2 aromatic rings. The Labute approximate surface area is 111 Å². The predicted octanol–water partition coefficient (Wildman–Crippen LogP) is 4.50. The number of aryl methyl sites for hydroxylation is 1. The zero-order valence-corrected chi connectivity index (χ0v) is 10.6. The van der Waals surface area contributed by atoms with Gasteiger partial charge in [0.25, 0.3) is 0 Å². The summed E-state index contributed by atoms with van der Waals surface area (Å²) in [5, 5.41) is 3.78. The maximum Gasteiger partial charge on any atom is 0.132 e. The Hall–Kier alpha value is -1.54. The molecule has 1 N–H and O–H groups in total. The minimum absolute atomic E-state index is 0.272. The van der Waals surface area contributed by atoms with E-state index in [1.54, 1.807) is 12.1 Å². The van der Waals surface area contributed by atoms with Gasteiger partial charge in [0, 0.05) is 22.8 Å². The molecule has 0 unspecified atom stereocenters. The molecule has 0 spiro atoms. The number of nitrogens with one attached hydrogen (secondary N) is 1. The van der Waals surface area contributed by atoms with Crippen LogP contribution in [0.1, 0.15) is 12.0 Å². The lowest BCUT2D eigenvalue weighted by Crippen LogP contribution is -2.11. The normalized spacial score (nSPS) is 13.9. The molecule has 3 heteroatoms. The van der Waals surface area contributed by atoms with Crippen molar-refractivity contribution < 1.29 is 4.39 Å². The van der Waals surface area contributed by atoms with Gasteiger partial charge in [0.2, 0.25) is 0 Å². The fraction of sp³-hybridized carbons (Fsp3) is 0.200. The minimum atomic E-state index is -0.272. The molecule has 0 fully saturated rings. The van der Waals surface area contributed by atoms with Gasteiger partial charge < -0.3 is 5.32 Å². The van der Waals surface area contributed by atoms with Gasteiger partial charge >= 0.3 is 0 Å². The van der Waals surface area contributed by atoms with Gasteiger partial charge in [-0.1, -0.05) is 17.7 Å². The third-order valence-corrected chi connectivity index (χ3v) is 3.52. The van der Waals surface area contributed by atoms with E-state index in [0.717, 1.165) is 24.9 Å². The topological polar surface area (TPSA) is 12.0 Å². The molecule has 1 heterocycles. The van der Waals surface area contributed by atoms with Crippen LogP contribution in [0, 0.1) is 5.82 Å². The fourth-order valence-corrected chi connectivity index (χ4v) is 2.52. The summed E-state index contributed by atoms with van der Waals surface area (Å²) in [6, 6.07) is 10.8. The minimum Gasteiger partial charge on any atom is -0.385 e. The molecule has 0 aliphatic carbocycles. The molecule has 1 nitrogen and oxygen atoms in total. The van der Waals surface area contributed by atoms with E-state index in [4.69, 9.17) is 11.6 Å². The lowest BCUT2D eigenvalue weighted by atomic mass is 9.97. The second-order valence-corrected chi connectivity index (χ2v) is 4.96. The van der Waals surface area contributed by atoms with Crippen molar-refractivity contribution in [2.24, 2.45) is 0 Å². The Morgan fingerprint density at radius 2 is 2.00 bits per heavy atom. The highest BCUT2D eigenvalue weighted by Crippen LogP contribution is 2.30. The molecule has 1 aliphatic rings. The molecular formula is C15H13ClFN. The third kappa shape index (κ3) is 2.08. The molecule has 0 aromatic heterocycles. The highest BCUT2D eigenvalue weighted by molar-refractivity contribution is 6.30. The largest absolute Gasteiger partial charge is 0.385 e. The number of fused-ring (bicyclic) bond motifs is 1. The number of benzene rings is 2. The van der Waals surface area contributed by atoms with Crippen molar-refractivity contribution in [3.8, 4) is 11.1 Å². The molecule has 0 radical (unpaired) electrons. The average Bonchev–Trinajstić information content (AvgIpc) is 2.38. The van der Waals surface area contributed by atoms with Crippen molar-refractivity contribution in [2.75, 3.05) is 11.9 Å². The lowest BCUT2D eigenvalue weighted by molar-refractivity contribution is 0.631. The van der Waals surface area contributed by atoms with E-state index >= 15 is 0 Å². The standard InChI is InChI=1S/C15H13ClFN/c16-12-4-5-13(14(17)9-12)10-3-6-15-11(8-10)2-1-7-18-15/h3-6,8-9,18H,1-2,7H2. The van der Waals surface area contributed by atoms with Crippen LogP contribution < -0.4 is 5.32 Å². The van der Waals surface area contributed by atoms with Crippen LogP contribution in [0.2, 0.25) is 5.02 Å². The van der Waals surface area contributed by atoms with Crippen molar-refractivity contribution in [1.82, 2.24) is 0 Å². The van der Waals surface area contributed by atoms with Crippen molar-refractivity contribution in [1.29, 1.82) is 0 Å². The van der Waals surface area contributed by atoms with Crippen molar-refractivity contribution in [2.45, 2.75) is 12.8 Å². The smallest absolute Gasteiger partial charge is 0.132 e. The number of rotatable bonds is 1. The van der Waals surface area contributed by atoms with Gasteiger partial charge in [0.15, 0.2) is 0 Å².